The molecular formula is C17H36. The zero-order valence-electron chi connectivity index (χ0n) is 13.3. The fourth-order valence-electron chi connectivity index (χ4n) is 3.01. The lowest BCUT2D eigenvalue weighted by atomic mass is 9.86. The summed E-state index contributed by atoms with van der Waals surface area (Å²) in [4.78, 5) is 0. The van der Waals surface area contributed by atoms with Crippen molar-refractivity contribution in [1.29, 1.82) is 0 Å². The average Bonchev–Trinajstić information content (AvgIpc) is 2.25. The van der Waals surface area contributed by atoms with Gasteiger partial charge < -0.3 is 0 Å². The quantitative estimate of drug-likeness (QED) is 0.420. The van der Waals surface area contributed by atoms with Crippen LogP contribution in [0.5, 0.6) is 0 Å². The van der Waals surface area contributed by atoms with Crippen molar-refractivity contribution in [2.75, 3.05) is 0 Å². The maximum Gasteiger partial charge on any atom is -0.0414 e. The zero-order valence-corrected chi connectivity index (χ0v) is 13.3. The second-order valence-electron chi connectivity index (χ2n) is 6.74. The molecule has 0 radical (unpaired) electrons. The van der Waals surface area contributed by atoms with Gasteiger partial charge in [-0.1, -0.05) is 73.6 Å². The fraction of sp³-hybridized carbons (Fsp3) is 1.00. The third-order valence-electron chi connectivity index (χ3n) is 3.99. The monoisotopic (exact) mass is 240 g/mol. The van der Waals surface area contributed by atoms with Gasteiger partial charge in [-0.2, -0.15) is 0 Å². The Balaban J connectivity index is 3.77. The summed E-state index contributed by atoms with van der Waals surface area (Å²) < 4.78 is 0. The van der Waals surface area contributed by atoms with Gasteiger partial charge in [0.25, 0.3) is 0 Å². The molecular weight excluding hydrogens is 204 g/mol. The number of rotatable bonds is 10. The van der Waals surface area contributed by atoms with E-state index >= 15 is 0 Å². The first-order chi connectivity index (χ1) is 7.99. The Morgan fingerprint density at radius 2 is 1.00 bits per heavy atom. The highest BCUT2D eigenvalue weighted by atomic mass is 14.2. The molecule has 0 aromatic rings. The van der Waals surface area contributed by atoms with Crippen LogP contribution in [0.1, 0.15) is 86.5 Å². The Kier molecular flexibility index (Phi) is 9.97. The smallest absolute Gasteiger partial charge is 0.0414 e. The molecule has 0 fully saturated rings. The Morgan fingerprint density at radius 1 is 0.647 bits per heavy atom. The maximum atomic E-state index is 2.36. The van der Waals surface area contributed by atoms with Crippen LogP contribution in [-0.4, -0.2) is 0 Å². The van der Waals surface area contributed by atoms with E-state index in [1.807, 2.05) is 0 Å². The third-order valence-corrected chi connectivity index (χ3v) is 3.99. The molecule has 0 aliphatic carbocycles. The van der Waals surface area contributed by atoms with Crippen molar-refractivity contribution in [2.24, 2.45) is 23.7 Å². The largest absolute Gasteiger partial charge is 0.0651 e. The SMILES string of the molecule is CCC(CCCC(CC)CC(C)C)CC(C)C. The standard InChI is InChI=1S/C17H36/c1-7-16(12-14(3)4)10-9-11-17(8-2)13-15(5)6/h14-17H,7-13H2,1-6H3. The highest BCUT2D eigenvalue weighted by molar-refractivity contribution is 4.64. The molecule has 0 amide bonds. The van der Waals surface area contributed by atoms with Crippen LogP contribution in [0, 0.1) is 23.7 Å². The Hall–Kier alpha value is 0. The van der Waals surface area contributed by atoms with Crippen LogP contribution < -0.4 is 0 Å². The summed E-state index contributed by atoms with van der Waals surface area (Å²) in [7, 11) is 0. The summed E-state index contributed by atoms with van der Waals surface area (Å²) in [5.41, 5.74) is 0. The first-order valence-corrected chi connectivity index (χ1v) is 7.99. The van der Waals surface area contributed by atoms with Gasteiger partial charge in [-0.3, -0.25) is 0 Å². The predicted molar refractivity (Wildman–Crippen MR) is 80.3 cm³/mol. The highest BCUT2D eigenvalue weighted by Crippen LogP contribution is 2.25. The Labute approximate surface area is 111 Å². The van der Waals surface area contributed by atoms with Gasteiger partial charge in [0.15, 0.2) is 0 Å². The minimum atomic E-state index is 0.873. The molecule has 0 saturated carbocycles. The third kappa shape index (κ3) is 9.68. The first kappa shape index (κ1) is 17.0. The van der Waals surface area contributed by atoms with Gasteiger partial charge in [-0.05, 0) is 36.5 Å². The van der Waals surface area contributed by atoms with Crippen LogP contribution in [0.25, 0.3) is 0 Å². The van der Waals surface area contributed by atoms with E-state index in [1.165, 1.54) is 44.9 Å². The minimum Gasteiger partial charge on any atom is -0.0651 e. The first-order valence-electron chi connectivity index (χ1n) is 7.99. The van der Waals surface area contributed by atoms with Crippen LogP contribution in [0.4, 0.5) is 0 Å². The molecule has 0 aromatic heterocycles. The van der Waals surface area contributed by atoms with Crippen molar-refractivity contribution in [3.05, 3.63) is 0 Å². The molecule has 104 valence electrons. The average molecular weight is 240 g/mol. The van der Waals surface area contributed by atoms with Gasteiger partial charge in [-0.25, -0.2) is 0 Å². The van der Waals surface area contributed by atoms with E-state index in [4.69, 9.17) is 0 Å². The van der Waals surface area contributed by atoms with Crippen molar-refractivity contribution in [1.82, 2.24) is 0 Å². The topological polar surface area (TPSA) is 0 Å². The van der Waals surface area contributed by atoms with Crippen LogP contribution in [0.3, 0.4) is 0 Å². The molecule has 0 N–H and O–H groups in total. The molecule has 0 aliphatic heterocycles. The molecule has 0 spiro atoms. The zero-order chi connectivity index (χ0) is 13.3. The second-order valence-corrected chi connectivity index (χ2v) is 6.74. The van der Waals surface area contributed by atoms with Crippen molar-refractivity contribution in [3.63, 3.8) is 0 Å². The number of hydrogen-bond acceptors (Lipinski definition) is 0. The summed E-state index contributed by atoms with van der Waals surface area (Å²) in [5, 5.41) is 0. The summed E-state index contributed by atoms with van der Waals surface area (Å²) in [6.45, 7) is 14.1. The molecule has 0 rings (SSSR count). The van der Waals surface area contributed by atoms with E-state index in [2.05, 4.69) is 41.5 Å². The van der Waals surface area contributed by atoms with Crippen molar-refractivity contribution >= 4 is 0 Å². The molecule has 0 saturated heterocycles. The van der Waals surface area contributed by atoms with Gasteiger partial charge in [0.2, 0.25) is 0 Å². The van der Waals surface area contributed by atoms with Gasteiger partial charge >= 0.3 is 0 Å². The number of hydrogen-bond donors (Lipinski definition) is 0. The Bertz CT molecular complexity index is 139. The summed E-state index contributed by atoms with van der Waals surface area (Å²) in [6, 6.07) is 0. The lowest BCUT2D eigenvalue weighted by Crippen LogP contribution is -2.07. The van der Waals surface area contributed by atoms with Crippen LogP contribution in [0.2, 0.25) is 0 Å². The summed E-state index contributed by atoms with van der Waals surface area (Å²) in [5.74, 6) is 3.70. The highest BCUT2D eigenvalue weighted by Gasteiger charge is 2.12. The normalized spacial score (nSPS) is 15.5. The predicted octanol–water partition coefficient (Wildman–Crippen LogP) is 6.30. The van der Waals surface area contributed by atoms with Gasteiger partial charge in [0, 0.05) is 0 Å². The van der Waals surface area contributed by atoms with E-state index < -0.39 is 0 Å². The molecule has 0 bridgehead atoms. The van der Waals surface area contributed by atoms with E-state index in [1.54, 1.807) is 0 Å². The molecule has 17 heavy (non-hydrogen) atoms. The second kappa shape index (κ2) is 9.97. The summed E-state index contributed by atoms with van der Waals surface area (Å²) in [6.07, 6.45) is 9.98. The summed E-state index contributed by atoms with van der Waals surface area (Å²) >= 11 is 0. The molecule has 2 unspecified atom stereocenters. The molecule has 0 aliphatic rings. The van der Waals surface area contributed by atoms with Gasteiger partial charge in [0.1, 0.15) is 0 Å². The Morgan fingerprint density at radius 3 is 1.24 bits per heavy atom. The van der Waals surface area contributed by atoms with Crippen LogP contribution in [0.15, 0.2) is 0 Å². The molecule has 0 heterocycles. The van der Waals surface area contributed by atoms with E-state index in [-0.39, 0.29) is 0 Å². The van der Waals surface area contributed by atoms with Gasteiger partial charge in [0.05, 0.1) is 0 Å². The van der Waals surface area contributed by atoms with Crippen LogP contribution in [-0.2, 0) is 0 Å². The van der Waals surface area contributed by atoms with E-state index in [0.29, 0.717) is 0 Å². The fourth-order valence-corrected chi connectivity index (χ4v) is 3.01. The molecule has 0 nitrogen and oxygen atoms in total. The van der Waals surface area contributed by atoms with E-state index in [9.17, 15) is 0 Å². The molecule has 0 aromatic carbocycles. The molecule has 0 heteroatoms. The lowest BCUT2D eigenvalue weighted by molar-refractivity contribution is 0.322. The maximum absolute atomic E-state index is 2.36. The van der Waals surface area contributed by atoms with E-state index in [0.717, 1.165) is 23.7 Å². The minimum absolute atomic E-state index is 0.873. The van der Waals surface area contributed by atoms with Gasteiger partial charge in [-0.15, -0.1) is 0 Å². The van der Waals surface area contributed by atoms with Crippen molar-refractivity contribution in [3.8, 4) is 0 Å². The van der Waals surface area contributed by atoms with Crippen molar-refractivity contribution < 1.29 is 0 Å². The van der Waals surface area contributed by atoms with Crippen molar-refractivity contribution in [2.45, 2.75) is 86.5 Å². The lowest BCUT2D eigenvalue weighted by Gasteiger charge is -2.20. The molecule has 2 atom stereocenters. The van der Waals surface area contributed by atoms with Crippen LogP contribution >= 0.6 is 0 Å².